The number of carbonyl (C=O) groups is 1. The van der Waals surface area contributed by atoms with Crippen molar-refractivity contribution in [1.29, 1.82) is 0 Å². The second-order valence-corrected chi connectivity index (χ2v) is 8.37. The van der Waals surface area contributed by atoms with Gasteiger partial charge in [0.05, 0.1) is 25.9 Å². The predicted octanol–water partition coefficient (Wildman–Crippen LogP) is 2.72. The van der Waals surface area contributed by atoms with Crippen molar-refractivity contribution < 1.29 is 32.3 Å². The Morgan fingerprint density at radius 3 is 2.71 bits per heavy atom. The minimum atomic E-state index is -3.79. The van der Waals surface area contributed by atoms with E-state index in [1.165, 1.54) is 25.3 Å². The summed E-state index contributed by atoms with van der Waals surface area (Å²) in [5, 5.41) is 14.3. The monoisotopic (exact) mass is 487 g/mol. The number of nitrogens with zero attached hydrogens (tertiary/aromatic N) is 4. The van der Waals surface area contributed by atoms with Crippen molar-refractivity contribution in [2.75, 3.05) is 31.3 Å². The Labute approximate surface area is 197 Å². The van der Waals surface area contributed by atoms with Gasteiger partial charge in [0, 0.05) is 42.3 Å². The third-order valence-corrected chi connectivity index (χ3v) is 6.19. The Kier molecular flexibility index (Phi) is 5.02. The molecule has 182 valence electrons. The highest BCUT2D eigenvalue weighted by atomic mass is 19.3. The molecule has 1 saturated heterocycles. The maximum atomic E-state index is 14.9. The molecule has 3 N–H and O–H groups in total. The molecule has 12 heteroatoms. The molecule has 9 nitrogen and oxygen atoms in total. The van der Waals surface area contributed by atoms with Gasteiger partial charge in [-0.15, -0.1) is 0 Å². The lowest BCUT2D eigenvalue weighted by Crippen LogP contribution is -2.46. The highest BCUT2D eigenvalue weighted by Gasteiger charge is 2.68. The Balaban J connectivity index is 1.53. The zero-order chi connectivity index (χ0) is 25.1. The van der Waals surface area contributed by atoms with Gasteiger partial charge in [0.1, 0.15) is 17.2 Å². The largest absolute Gasteiger partial charge is 0.493 e. The number of halogens is 3. The number of likely N-dealkylation sites (N-methyl/N-ethyl adjacent to an activating group) is 1. The summed E-state index contributed by atoms with van der Waals surface area (Å²) < 4.78 is 54.3. The summed E-state index contributed by atoms with van der Waals surface area (Å²) in [6.45, 7) is -0.777. The van der Waals surface area contributed by atoms with Crippen molar-refractivity contribution in [2.24, 2.45) is 0 Å². The third kappa shape index (κ3) is 3.32. The first-order valence-electron chi connectivity index (χ1n) is 10.5. The zero-order valence-electron chi connectivity index (χ0n) is 18.6. The number of aliphatic hydroxyl groups is 1. The van der Waals surface area contributed by atoms with E-state index >= 15 is 0 Å². The summed E-state index contributed by atoms with van der Waals surface area (Å²) in [6, 6.07) is 6.66. The second kappa shape index (κ2) is 7.73. The van der Waals surface area contributed by atoms with Gasteiger partial charge >= 0.3 is 5.92 Å². The lowest BCUT2D eigenvalue weighted by atomic mass is 9.94. The summed E-state index contributed by atoms with van der Waals surface area (Å²) in [5.41, 5.74) is 5.01. The van der Waals surface area contributed by atoms with Crippen LogP contribution in [0.25, 0.3) is 17.0 Å². The first kappa shape index (κ1) is 22.7. The zero-order valence-corrected chi connectivity index (χ0v) is 18.6. The van der Waals surface area contributed by atoms with Crippen LogP contribution in [0, 0.1) is 5.82 Å². The van der Waals surface area contributed by atoms with E-state index in [1.807, 2.05) is 0 Å². The van der Waals surface area contributed by atoms with Crippen molar-refractivity contribution in [3.05, 3.63) is 65.6 Å². The molecule has 35 heavy (non-hydrogen) atoms. The van der Waals surface area contributed by atoms with E-state index in [9.17, 15) is 23.1 Å². The molecular formula is C23H20F3N5O4. The summed E-state index contributed by atoms with van der Waals surface area (Å²) >= 11 is 0. The molecule has 0 saturated carbocycles. The van der Waals surface area contributed by atoms with E-state index in [4.69, 9.17) is 15.0 Å². The number of nitrogens with two attached hydrogens (primary N) is 1. The van der Waals surface area contributed by atoms with Crippen LogP contribution in [0.4, 0.5) is 24.5 Å². The number of methoxy groups -OCH3 is 1. The molecule has 5 rings (SSSR count). The van der Waals surface area contributed by atoms with Crippen molar-refractivity contribution >= 4 is 23.0 Å². The number of hydrogen-bond acceptors (Lipinski definition) is 8. The third-order valence-electron chi connectivity index (χ3n) is 6.19. The van der Waals surface area contributed by atoms with Gasteiger partial charge in [-0.2, -0.15) is 0 Å². The van der Waals surface area contributed by atoms with E-state index in [0.717, 1.165) is 13.1 Å². The maximum absolute atomic E-state index is 14.9. The van der Waals surface area contributed by atoms with Gasteiger partial charge in [0.2, 0.25) is 0 Å². The molecular weight excluding hydrogens is 467 g/mol. The number of ether oxygens (including phenoxy) is 1. The van der Waals surface area contributed by atoms with Gasteiger partial charge in [-0.3, -0.25) is 9.78 Å². The van der Waals surface area contributed by atoms with Gasteiger partial charge in [0.25, 0.3) is 11.5 Å². The van der Waals surface area contributed by atoms with Crippen molar-refractivity contribution in [2.45, 2.75) is 18.1 Å². The van der Waals surface area contributed by atoms with Gasteiger partial charge in [-0.05, 0) is 24.3 Å². The van der Waals surface area contributed by atoms with Gasteiger partial charge < -0.3 is 29.9 Å². The maximum Gasteiger partial charge on any atom is 0.309 e. The predicted molar refractivity (Wildman–Crippen MR) is 118 cm³/mol. The normalized spacial score (nSPS) is 21.2. The molecule has 1 amide bonds. The standard InChI is InChI=1S/C23H20F3N5O4/c1-30-11-22(25,26)23(33,21(30)32)19-8-16(29-35-19)12-3-4-14(24)17(7-12)31-9-13-15(27)5-6-28-20(13)18(10-31)34-2/h3-8,10,33H,9,11H2,1-2H3,(H2,27,28)/t23-/m1/s1. The Bertz CT molecular complexity index is 1370. The Morgan fingerprint density at radius 1 is 1.26 bits per heavy atom. The fourth-order valence-electron chi connectivity index (χ4n) is 4.28. The number of carbonyl (C=O) groups excluding carboxylic acids is 1. The van der Waals surface area contributed by atoms with E-state index < -0.39 is 35.6 Å². The van der Waals surface area contributed by atoms with Gasteiger partial charge in [-0.1, -0.05) is 5.16 Å². The molecule has 0 aliphatic carbocycles. The number of alkyl halides is 2. The number of fused-ring (bicyclic) bond motifs is 1. The van der Waals surface area contributed by atoms with Crippen LogP contribution in [0.2, 0.25) is 0 Å². The van der Waals surface area contributed by atoms with Crippen molar-refractivity contribution in [1.82, 2.24) is 15.0 Å². The lowest BCUT2D eigenvalue weighted by molar-refractivity contribution is -0.179. The molecule has 0 radical (unpaired) electrons. The molecule has 0 spiro atoms. The number of hydrogen-bond donors (Lipinski definition) is 2. The number of amides is 1. The van der Waals surface area contributed by atoms with Crippen molar-refractivity contribution in [3.63, 3.8) is 0 Å². The highest BCUT2D eigenvalue weighted by molar-refractivity contribution is 5.89. The molecule has 1 aromatic carbocycles. The molecule has 2 aliphatic heterocycles. The first-order valence-corrected chi connectivity index (χ1v) is 10.5. The number of pyridine rings is 1. The van der Waals surface area contributed by atoms with Crippen LogP contribution in [0.5, 0.6) is 0 Å². The smallest absolute Gasteiger partial charge is 0.309 e. The molecule has 1 fully saturated rings. The fourth-order valence-corrected chi connectivity index (χ4v) is 4.28. The van der Waals surface area contributed by atoms with E-state index in [-0.39, 0.29) is 17.9 Å². The average molecular weight is 487 g/mol. The Morgan fingerprint density at radius 2 is 2.03 bits per heavy atom. The highest BCUT2D eigenvalue weighted by Crippen LogP contribution is 2.45. The Hall–Kier alpha value is -4.06. The van der Waals surface area contributed by atoms with Gasteiger partial charge in [-0.25, -0.2) is 13.2 Å². The van der Waals surface area contributed by atoms with Crippen molar-refractivity contribution in [3.8, 4) is 11.3 Å². The summed E-state index contributed by atoms with van der Waals surface area (Å²) in [4.78, 5) is 18.9. The van der Waals surface area contributed by atoms with Crippen LogP contribution >= 0.6 is 0 Å². The number of benzene rings is 1. The van der Waals surface area contributed by atoms with Crippen LogP contribution in [-0.2, 0) is 21.7 Å². The topological polar surface area (TPSA) is 118 Å². The molecule has 4 heterocycles. The quantitative estimate of drug-likeness (QED) is 0.577. The SMILES string of the molecule is COC1=CN(c2cc(-c3cc([C@@]4(O)C(=O)N(C)CC4(F)F)on3)ccc2F)Cc2c(N)ccnc21. The fraction of sp³-hybridized carbons (Fsp3) is 0.261. The second-order valence-electron chi connectivity index (χ2n) is 8.37. The lowest BCUT2D eigenvalue weighted by Gasteiger charge is -2.28. The van der Waals surface area contributed by atoms with Crippen LogP contribution in [-0.4, -0.2) is 52.7 Å². The number of rotatable bonds is 4. The molecule has 0 unspecified atom stereocenters. The molecule has 2 aromatic heterocycles. The van der Waals surface area contributed by atoms with Crippen LogP contribution in [0.15, 0.2) is 47.3 Å². The van der Waals surface area contributed by atoms with E-state index in [2.05, 4.69) is 10.1 Å². The first-order chi connectivity index (χ1) is 16.6. The van der Waals surface area contributed by atoms with Gasteiger partial charge in [0.15, 0.2) is 11.5 Å². The number of nitrogen functional groups attached to an aromatic ring is 1. The summed E-state index contributed by atoms with van der Waals surface area (Å²) in [7, 11) is 2.61. The van der Waals surface area contributed by atoms with Crippen LogP contribution in [0.3, 0.4) is 0 Å². The minimum absolute atomic E-state index is 0.0300. The van der Waals surface area contributed by atoms with E-state index in [1.54, 1.807) is 23.4 Å². The number of aromatic nitrogens is 2. The molecule has 3 aromatic rings. The average Bonchev–Trinajstić information content (AvgIpc) is 3.38. The van der Waals surface area contributed by atoms with Crippen LogP contribution < -0.4 is 10.6 Å². The molecule has 2 aliphatic rings. The minimum Gasteiger partial charge on any atom is -0.493 e. The molecule has 0 bridgehead atoms. The number of likely N-dealkylation sites (tertiary alicyclic amines) is 1. The summed E-state index contributed by atoms with van der Waals surface area (Å²) in [6.07, 6.45) is 3.12. The summed E-state index contributed by atoms with van der Waals surface area (Å²) in [5.74, 6) is -5.90. The van der Waals surface area contributed by atoms with E-state index in [0.29, 0.717) is 33.2 Å². The van der Waals surface area contributed by atoms with Crippen LogP contribution in [0.1, 0.15) is 17.0 Å². The number of anilines is 2. The molecule has 1 atom stereocenters.